The van der Waals surface area contributed by atoms with Gasteiger partial charge in [0.2, 0.25) is 0 Å². The van der Waals surface area contributed by atoms with Crippen molar-refractivity contribution in [3.8, 4) is 0 Å². The predicted molar refractivity (Wildman–Crippen MR) is 86.0 cm³/mol. The average Bonchev–Trinajstić information content (AvgIpc) is 2.95. The molecule has 2 aliphatic rings. The van der Waals surface area contributed by atoms with E-state index in [0.717, 1.165) is 69.2 Å². The van der Waals surface area contributed by atoms with Gasteiger partial charge in [-0.15, -0.1) is 0 Å². The molecule has 0 unspecified atom stereocenters. The van der Waals surface area contributed by atoms with Crippen LogP contribution >= 0.6 is 0 Å². The molecule has 1 saturated heterocycles. The molecule has 0 amide bonds. The monoisotopic (exact) mass is 302 g/mol. The molecule has 7 nitrogen and oxygen atoms in total. The fraction of sp³-hybridized carbons (Fsp3) is 0.600. The molecule has 2 aromatic rings. The van der Waals surface area contributed by atoms with Crippen LogP contribution in [0.2, 0.25) is 0 Å². The third kappa shape index (κ3) is 2.12. The summed E-state index contributed by atoms with van der Waals surface area (Å²) in [5, 5.41) is 8.20. The van der Waals surface area contributed by atoms with E-state index < -0.39 is 0 Å². The van der Waals surface area contributed by atoms with Crippen molar-refractivity contribution in [1.29, 1.82) is 0 Å². The zero-order valence-electron chi connectivity index (χ0n) is 12.9. The first-order chi connectivity index (χ1) is 10.8. The van der Waals surface area contributed by atoms with Gasteiger partial charge in [0.25, 0.3) is 0 Å². The molecule has 0 aromatic carbocycles. The molecule has 0 atom stereocenters. The van der Waals surface area contributed by atoms with Gasteiger partial charge >= 0.3 is 0 Å². The number of hydrogen-bond donors (Lipinski definition) is 2. The molecular formula is C15H22N6O. The zero-order chi connectivity index (χ0) is 15.1. The second-order valence-corrected chi connectivity index (χ2v) is 5.95. The van der Waals surface area contributed by atoms with Gasteiger partial charge in [0, 0.05) is 31.7 Å². The highest BCUT2D eigenvalue weighted by Crippen LogP contribution is 2.34. The van der Waals surface area contributed by atoms with E-state index in [0.29, 0.717) is 5.82 Å². The fourth-order valence-corrected chi connectivity index (χ4v) is 3.50. The molecule has 2 aromatic heterocycles. The molecule has 0 saturated carbocycles. The van der Waals surface area contributed by atoms with E-state index in [1.165, 1.54) is 11.1 Å². The smallest absolute Gasteiger partial charge is 0.185 e. The number of nitrogens with zero attached hydrogens (tertiary/aromatic N) is 4. The Hall–Kier alpha value is -1.86. The van der Waals surface area contributed by atoms with Gasteiger partial charge in [-0.05, 0) is 18.5 Å². The molecule has 0 bridgehead atoms. The Balaban J connectivity index is 1.87. The van der Waals surface area contributed by atoms with Crippen LogP contribution in [-0.4, -0.2) is 59.5 Å². The number of pyridine rings is 1. The minimum absolute atomic E-state index is 0.636. The molecule has 0 spiro atoms. The molecule has 4 rings (SSSR count). The van der Waals surface area contributed by atoms with E-state index in [9.17, 15) is 0 Å². The molecule has 3 N–H and O–H groups in total. The van der Waals surface area contributed by atoms with Gasteiger partial charge in [-0.3, -0.25) is 10.00 Å². The highest BCUT2D eigenvalue weighted by Gasteiger charge is 2.27. The van der Waals surface area contributed by atoms with Crippen LogP contribution in [0.15, 0.2) is 0 Å². The van der Waals surface area contributed by atoms with Gasteiger partial charge < -0.3 is 15.4 Å². The summed E-state index contributed by atoms with van der Waals surface area (Å²) in [6, 6.07) is 0. The van der Waals surface area contributed by atoms with E-state index in [1.54, 1.807) is 0 Å². The Kier molecular flexibility index (Phi) is 3.38. The summed E-state index contributed by atoms with van der Waals surface area (Å²) in [4.78, 5) is 9.60. The number of hydrogen-bond acceptors (Lipinski definition) is 6. The third-order valence-electron chi connectivity index (χ3n) is 4.74. The number of fused-ring (bicyclic) bond motifs is 3. The third-order valence-corrected chi connectivity index (χ3v) is 4.74. The Morgan fingerprint density at radius 3 is 2.82 bits per heavy atom. The molecule has 2 aliphatic heterocycles. The zero-order valence-corrected chi connectivity index (χ0v) is 12.9. The Morgan fingerprint density at radius 2 is 2.05 bits per heavy atom. The Labute approximate surface area is 129 Å². The van der Waals surface area contributed by atoms with Crippen LogP contribution in [0, 0.1) is 0 Å². The summed E-state index contributed by atoms with van der Waals surface area (Å²) >= 11 is 0. The Bertz CT molecular complexity index is 691. The number of ether oxygens (including phenoxy) is 1. The number of morpholine rings is 1. The standard InChI is InChI=1S/C15H22N6O/c1-2-20-4-3-10-11(9-20)15(21-5-7-22-8-6-21)17-14-12(10)13(16)18-19-14/h2-9H2,1H3,(H3,16,17,18,19). The molecular weight excluding hydrogens is 280 g/mol. The summed E-state index contributed by atoms with van der Waals surface area (Å²) in [6.07, 6.45) is 1.00. The first-order valence-corrected chi connectivity index (χ1v) is 7.98. The average molecular weight is 302 g/mol. The summed E-state index contributed by atoms with van der Waals surface area (Å²) < 4.78 is 5.48. The largest absolute Gasteiger partial charge is 0.384 e. The van der Waals surface area contributed by atoms with Crippen LogP contribution in [0.1, 0.15) is 18.1 Å². The van der Waals surface area contributed by atoms with Crippen molar-refractivity contribution in [3.05, 3.63) is 11.1 Å². The summed E-state index contributed by atoms with van der Waals surface area (Å²) in [5.74, 6) is 1.70. The molecule has 0 radical (unpaired) electrons. The quantitative estimate of drug-likeness (QED) is 0.852. The van der Waals surface area contributed by atoms with Crippen LogP contribution in [0.3, 0.4) is 0 Å². The van der Waals surface area contributed by atoms with Gasteiger partial charge in [-0.2, -0.15) is 5.10 Å². The van der Waals surface area contributed by atoms with E-state index in [1.807, 2.05) is 0 Å². The summed E-state index contributed by atoms with van der Waals surface area (Å²) in [6.45, 7) is 8.55. The maximum absolute atomic E-state index is 6.09. The van der Waals surface area contributed by atoms with Crippen molar-refractivity contribution >= 4 is 22.7 Å². The van der Waals surface area contributed by atoms with Crippen LogP contribution in [0.4, 0.5) is 11.6 Å². The van der Waals surface area contributed by atoms with Crippen LogP contribution in [-0.2, 0) is 17.7 Å². The highest BCUT2D eigenvalue weighted by atomic mass is 16.5. The minimum Gasteiger partial charge on any atom is -0.384 e. The molecule has 22 heavy (non-hydrogen) atoms. The number of anilines is 2. The minimum atomic E-state index is 0.636. The molecule has 1 fully saturated rings. The van der Waals surface area contributed by atoms with E-state index in [-0.39, 0.29) is 0 Å². The van der Waals surface area contributed by atoms with Crippen LogP contribution in [0.25, 0.3) is 11.0 Å². The number of aromatic nitrogens is 3. The first-order valence-electron chi connectivity index (χ1n) is 7.98. The Morgan fingerprint density at radius 1 is 1.23 bits per heavy atom. The van der Waals surface area contributed by atoms with Gasteiger partial charge in [0.05, 0.1) is 18.6 Å². The normalized spacial score (nSPS) is 19.6. The second kappa shape index (κ2) is 5.40. The van der Waals surface area contributed by atoms with E-state index in [2.05, 4.69) is 26.9 Å². The highest BCUT2D eigenvalue weighted by molar-refractivity contribution is 5.92. The van der Waals surface area contributed by atoms with Crippen molar-refractivity contribution in [1.82, 2.24) is 20.1 Å². The van der Waals surface area contributed by atoms with Crippen LogP contribution in [0.5, 0.6) is 0 Å². The van der Waals surface area contributed by atoms with Gasteiger partial charge in [-0.25, -0.2) is 4.98 Å². The predicted octanol–water partition coefficient (Wildman–Crippen LogP) is 0.755. The lowest BCUT2D eigenvalue weighted by Crippen LogP contribution is -2.39. The number of nitrogen functional groups attached to an aromatic ring is 1. The molecule has 7 heteroatoms. The maximum Gasteiger partial charge on any atom is 0.185 e. The lowest BCUT2D eigenvalue weighted by atomic mass is 9.97. The number of likely N-dealkylation sites (N-methyl/N-ethyl adjacent to an activating group) is 1. The second-order valence-electron chi connectivity index (χ2n) is 5.95. The van der Waals surface area contributed by atoms with E-state index in [4.69, 9.17) is 15.5 Å². The summed E-state index contributed by atoms with van der Waals surface area (Å²) in [7, 11) is 0. The van der Waals surface area contributed by atoms with Crippen molar-refractivity contribution in [2.75, 3.05) is 50.0 Å². The topological polar surface area (TPSA) is 83.3 Å². The van der Waals surface area contributed by atoms with Crippen molar-refractivity contribution in [3.63, 3.8) is 0 Å². The van der Waals surface area contributed by atoms with Crippen molar-refractivity contribution in [2.45, 2.75) is 19.9 Å². The van der Waals surface area contributed by atoms with Gasteiger partial charge in [-0.1, -0.05) is 6.92 Å². The number of nitrogens with two attached hydrogens (primary N) is 1. The summed E-state index contributed by atoms with van der Waals surface area (Å²) in [5.41, 5.74) is 9.47. The molecule has 4 heterocycles. The number of aromatic amines is 1. The molecule has 118 valence electrons. The first kappa shape index (κ1) is 13.8. The van der Waals surface area contributed by atoms with Gasteiger partial charge in [0.1, 0.15) is 11.6 Å². The number of H-pyrrole nitrogens is 1. The molecule has 0 aliphatic carbocycles. The SMILES string of the molecule is CCN1CCc2c(c(N3CCOCC3)nc3n[nH]c(N)c23)C1. The lowest BCUT2D eigenvalue weighted by Gasteiger charge is -2.34. The van der Waals surface area contributed by atoms with E-state index >= 15 is 0 Å². The van der Waals surface area contributed by atoms with Gasteiger partial charge in [0.15, 0.2) is 5.65 Å². The number of rotatable bonds is 2. The van der Waals surface area contributed by atoms with Crippen LogP contribution < -0.4 is 10.6 Å². The fourth-order valence-electron chi connectivity index (χ4n) is 3.50. The number of nitrogens with one attached hydrogen (secondary N) is 1. The lowest BCUT2D eigenvalue weighted by molar-refractivity contribution is 0.122. The maximum atomic E-state index is 6.09. The van der Waals surface area contributed by atoms with Crippen molar-refractivity contribution < 1.29 is 4.74 Å². The van der Waals surface area contributed by atoms with Crippen molar-refractivity contribution in [2.24, 2.45) is 0 Å².